The molecule has 128 valence electrons. The van der Waals surface area contributed by atoms with Crippen molar-refractivity contribution in [1.82, 2.24) is 25.1 Å². The van der Waals surface area contributed by atoms with Gasteiger partial charge in [-0.15, -0.1) is 0 Å². The zero-order valence-corrected chi connectivity index (χ0v) is 14.5. The van der Waals surface area contributed by atoms with E-state index in [1.807, 2.05) is 48.8 Å². The average molecular weight is 333 g/mol. The van der Waals surface area contributed by atoms with Crippen LogP contribution in [0.2, 0.25) is 0 Å². The van der Waals surface area contributed by atoms with E-state index in [2.05, 4.69) is 33.1 Å². The minimum Gasteiger partial charge on any atom is -0.296 e. The van der Waals surface area contributed by atoms with Crippen molar-refractivity contribution in [1.29, 1.82) is 0 Å². The molecule has 1 fully saturated rings. The number of nitrogens with zero attached hydrogens (tertiary/aromatic N) is 4. The molecule has 0 unspecified atom stereocenters. The molecule has 3 aromatic rings. The van der Waals surface area contributed by atoms with Gasteiger partial charge in [0.25, 0.3) is 0 Å². The molecular weight excluding hydrogens is 310 g/mol. The van der Waals surface area contributed by atoms with Crippen LogP contribution < -0.4 is 0 Å². The summed E-state index contributed by atoms with van der Waals surface area (Å²) in [6.45, 7) is 4.38. The molecule has 3 heterocycles. The van der Waals surface area contributed by atoms with Gasteiger partial charge in [-0.05, 0) is 37.9 Å². The van der Waals surface area contributed by atoms with Crippen LogP contribution in [0, 0.1) is 0 Å². The summed E-state index contributed by atoms with van der Waals surface area (Å²) in [4.78, 5) is 11.5. The number of pyridine rings is 1. The van der Waals surface area contributed by atoms with E-state index in [1.54, 1.807) is 0 Å². The van der Waals surface area contributed by atoms with Gasteiger partial charge in [0.15, 0.2) is 5.82 Å². The molecule has 25 heavy (non-hydrogen) atoms. The van der Waals surface area contributed by atoms with Crippen LogP contribution in [0.5, 0.6) is 0 Å². The number of likely N-dealkylation sites (tertiary alicyclic amines) is 1. The Balaban J connectivity index is 1.49. The number of H-pyrrole nitrogens is 1. The smallest absolute Gasteiger partial charge is 0.181 e. The fourth-order valence-electron chi connectivity index (χ4n) is 3.59. The first kappa shape index (κ1) is 16.0. The van der Waals surface area contributed by atoms with Gasteiger partial charge in [0, 0.05) is 36.5 Å². The van der Waals surface area contributed by atoms with Crippen molar-refractivity contribution >= 4 is 0 Å². The monoisotopic (exact) mass is 333 g/mol. The first-order valence-corrected chi connectivity index (χ1v) is 8.93. The van der Waals surface area contributed by atoms with E-state index in [9.17, 15) is 0 Å². The Morgan fingerprint density at radius 2 is 2.04 bits per heavy atom. The van der Waals surface area contributed by atoms with Crippen molar-refractivity contribution in [3.8, 4) is 11.4 Å². The SMILES string of the molecule is C[C@H](c1cccnc1)N1CCC[C@H](c2nc(-c3ccccc3)n[nH]2)C1. The molecule has 5 nitrogen and oxygen atoms in total. The predicted molar refractivity (Wildman–Crippen MR) is 98.0 cm³/mol. The molecule has 1 aliphatic heterocycles. The van der Waals surface area contributed by atoms with Gasteiger partial charge in [-0.3, -0.25) is 15.0 Å². The van der Waals surface area contributed by atoms with E-state index in [1.165, 1.54) is 12.0 Å². The van der Waals surface area contributed by atoms with Crippen molar-refractivity contribution < 1.29 is 0 Å². The summed E-state index contributed by atoms with van der Waals surface area (Å²) in [5.74, 6) is 2.19. The Labute approximate surface area is 148 Å². The van der Waals surface area contributed by atoms with Gasteiger partial charge >= 0.3 is 0 Å². The van der Waals surface area contributed by atoms with Crippen molar-refractivity contribution in [2.75, 3.05) is 13.1 Å². The Morgan fingerprint density at radius 1 is 1.16 bits per heavy atom. The van der Waals surface area contributed by atoms with Crippen LogP contribution in [0.4, 0.5) is 0 Å². The minimum absolute atomic E-state index is 0.369. The summed E-state index contributed by atoms with van der Waals surface area (Å²) >= 11 is 0. The second-order valence-corrected chi connectivity index (χ2v) is 6.71. The highest BCUT2D eigenvalue weighted by Crippen LogP contribution is 2.31. The number of aromatic amines is 1. The summed E-state index contributed by atoms with van der Waals surface area (Å²) in [7, 11) is 0. The van der Waals surface area contributed by atoms with E-state index in [0.717, 1.165) is 36.7 Å². The van der Waals surface area contributed by atoms with Gasteiger partial charge < -0.3 is 0 Å². The number of aromatic nitrogens is 4. The van der Waals surface area contributed by atoms with Gasteiger partial charge in [0.05, 0.1) is 0 Å². The van der Waals surface area contributed by atoms with Gasteiger partial charge in [-0.1, -0.05) is 36.4 Å². The molecule has 1 N–H and O–H groups in total. The van der Waals surface area contributed by atoms with E-state index in [4.69, 9.17) is 4.98 Å². The lowest BCUT2D eigenvalue weighted by Crippen LogP contribution is -2.36. The molecule has 1 aliphatic rings. The summed E-state index contributed by atoms with van der Waals surface area (Å²) in [6.07, 6.45) is 6.13. The fourth-order valence-corrected chi connectivity index (χ4v) is 3.59. The van der Waals surface area contributed by atoms with Gasteiger partial charge in [-0.25, -0.2) is 4.98 Å². The van der Waals surface area contributed by atoms with Crippen molar-refractivity contribution in [3.63, 3.8) is 0 Å². The zero-order chi connectivity index (χ0) is 17.1. The van der Waals surface area contributed by atoms with E-state index < -0.39 is 0 Å². The van der Waals surface area contributed by atoms with Gasteiger partial charge in [0.1, 0.15) is 5.82 Å². The summed E-state index contributed by atoms with van der Waals surface area (Å²) in [6, 6.07) is 14.7. The molecule has 0 aliphatic carbocycles. The standard InChI is InChI=1S/C20H23N5/c1-15(17-9-5-11-21-13-17)25-12-6-10-18(14-25)20-22-19(23-24-20)16-7-3-2-4-8-16/h2-5,7-9,11,13,15,18H,6,10,12,14H2,1H3,(H,22,23,24)/t15-,18+/m1/s1. The molecule has 5 heteroatoms. The van der Waals surface area contributed by atoms with Crippen molar-refractivity contribution in [3.05, 3.63) is 66.2 Å². The maximum absolute atomic E-state index is 4.77. The average Bonchev–Trinajstić information content (AvgIpc) is 3.19. The molecule has 0 bridgehead atoms. The lowest BCUT2D eigenvalue weighted by Gasteiger charge is -2.36. The van der Waals surface area contributed by atoms with Gasteiger partial charge in [-0.2, -0.15) is 5.10 Å². The molecular formula is C20H23N5. The fraction of sp³-hybridized carbons (Fsp3) is 0.350. The summed E-state index contributed by atoms with van der Waals surface area (Å²) < 4.78 is 0. The molecule has 1 aromatic carbocycles. The molecule has 2 atom stereocenters. The minimum atomic E-state index is 0.369. The van der Waals surface area contributed by atoms with Crippen LogP contribution in [0.15, 0.2) is 54.9 Å². The van der Waals surface area contributed by atoms with Crippen LogP contribution in [-0.2, 0) is 0 Å². The van der Waals surface area contributed by atoms with E-state index >= 15 is 0 Å². The molecule has 2 aromatic heterocycles. The van der Waals surface area contributed by atoms with Gasteiger partial charge in [0.2, 0.25) is 0 Å². The highest BCUT2D eigenvalue weighted by atomic mass is 15.2. The molecule has 0 spiro atoms. The molecule has 0 saturated carbocycles. The van der Waals surface area contributed by atoms with Crippen molar-refractivity contribution in [2.24, 2.45) is 0 Å². The summed E-state index contributed by atoms with van der Waals surface area (Å²) in [5.41, 5.74) is 2.33. The number of piperidine rings is 1. The quantitative estimate of drug-likeness (QED) is 0.789. The second-order valence-electron chi connectivity index (χ2n) is 6.71. The van der Waals surface area contributed by atoms with Crippen LogP contribution in [-0.4, -0.2) is 38.2 Å². The predicted octanol–water partition coefficient (Wildman–Crippen LogP) is 3.81. The van der Waals surface area contributed by atoms with Crippen LogP contribution in [0.1, 0.15) is 43.1 Å². The molecule has 4 rings (SSSR count). The number of rotatable bonds is 4. The maximum atomic E-state index is 4.77. The molecule has 1 saturated heterocycles. The third kappa shape index (κ3) is 3.46. The van der Waals surface area contributed by atoms with E-state index in [-0.39, 0.29) is 0 Å². The highest BCUT2D eigenvalue weighted by Gasteiger charge is 2.27. The normalized spacial score (nSPS) is 19.6. The lowest BCUT2D eigenvalue weighted by atomic mass is 9.95. The Morgan fingerprint density at radius 3 is 2.84 bits per heavy atom. The van der Waals surface area contributed by atoms with Crippen molar-refractivity contribution in [2.45, 2.75) is 31.7 Å². The first-order valence-electron chi connectivity index (χ1n) is 8.93. The maximum Gasteiger partial charge on any atom is 0.181 e. The first-order chi connectivity index (χ1) is 12.3. The van der Waals surface area contributed by atoms with Crippen LogP contribution in [0.3, 0.4) is 0 Å². The number of hydrogen-bond donors (Lipinski definition) is 1. The third-order valence-corrected chi connectivity index (χ3v) is 5.09. The number of nitrogens with one attached hydrogen (secondary N) is 1. The number of hydrogen-bond acceptors (Lipinski definition) is 4. The number of benzene rings is 1. The zero-order valence-electron chi connectivity index (χ0n) is 14.5. The second kappa shape index (κ2) is 7.15. The van der Waals surface area contributed by atoms with Crippen LogP contribution in [0.25, 0.3) is 11.4 Å². The Bertz CT molecular complexity index is 799. The summed E-state index contributed by atoms with van der Waals surface area (Å²) in [5, 5.41) is 7.60. The molecule has 0 radical (unpaired) electrons. The lowest BCUT2D eigenvalue weighted by molar-refractivity contribution is 0.155. The topological polar surface area (TPSA) is 57.7 Å². The largest absolute Gasteiger partial charge is 0.296 e. The third-order valence-electron chi connectivity index (χ3n) is 5.09. The highest BCUT2D eigenvalue weighted by molar-refractivity contribution is 5.53. The Hall–Kier alpha value is -2.53. The van der Waals surface area contributed by atoms with Crippen LogP contribution >= 0.6 is 0 Å². The molecule has 0 amide bonds. The van der Waals surface area contributed by atoms with E-state index in [0.29, 0.717) is 12.0 Å². The Kier molecular flexibility index (Phi) is 4.57.